The molecule has 0 aliphatic carbocycles. The summed E-state index contributed by atoms with van der Waals surface area (Å²) in [6.07, 6.45) is 21.1. The molecule has 0 aromatic carbocycles. The molecule has 2 N–H and O–H groups in total. The molecule has 0 spiro atoms. The van der Waals surface area contributed by atoms with Crippen LogP contribution in [0, 0.1) is 0 Å². The highest BCUT2D eigenvalue weighted by Crippen LogP contribution is 2.08. The molecule has 0 aromatic heterocycles. The second-order valence-corrected chi connectivity index (χ2v) is 6.50. The molecule has 4 nitrogen and oxygen atoms in total. The molecular weight excluding hydrogens is 316 g/mol. The van der Waals surface area contributed by atoms with Gasteiger partial charge in [0.1, 0.15) is 12.7 Å². The first kappa shape index (κ1) is 23.9. The van der Waals surface area contributed by atoms with Crippen molar-refractivity contribution in [3.05, 3.63) is 24.3 Å². The number of aliphatic hydroxyl groups is 2. The molecule has 0 aliphatic rings. The summed E-state index contributed by atoms with van der Waals surface area (Å²) in [7, 11) is 0. The van der Waals surface area contributed by atoms with Crippen molar-refractivity contribution in [2.75, 3.05) is 13.2 Å². The van der Waals surface area contributed by atoms with Gasteiger partial charge in [-0.2, -0.15) is 0 Å². The quantitative estimate of drug-likeness (QED) is 0.226. The zero-order chi connectivity index (χ0) is 18.6. The maximum Gasteiger partial charge on any atom is 0.305 e. The second-order valence-electron chi connectivity index (χ2n) is 6.50. The maximum atomic E-state index is 11.4. The van der Waals surface area contributed by atoms with Crippen molar-refractivity contribution >= 4 is 5.97 Å². The fraction of sp³-hybridized carbons (Fsp3) is 0.762. The molecule has 0 aromatic rings. The van der Waals surface area contributed by atoms with E-state index in [-0.39, 0.29) is 19.2 Å². The Morgan fingerprint density at radius 1 is 0.920 bits per heavy atom. The van der Waals surface area contributed by atoms with Gasteiger partial charge in [0.25, 0.3) is 0 Å². The van der Waals surface area contributed by atoms with Gasteiger partial charge in [0, 0.05) is 6.42 Å². The SMILES string of the molecule is CCCCC/C=C\C/C=C/CCCCCCCC(=O)OC[C@H](O)CO. The Morgan fingerprint density at radius 2 is 1.52 bits per heavy atom. The number of esters is 1. The largest absolute Gasteiger partial charge is 0.463 e. The molecule has 0 heterocycles. The van der Waals surface area contributed by atoms with E-state index >= 15 is 0 Å². The normalized spacial score (nSPS) is 12.9. The smallest absolute Gasteiger partial charge is 0.305 e. The minimum Gasteiger partial charge on any atom is -0.463 e. The first-order valence-electron chi connectivity index (χ1n) is 9.95. The Kier molecular flexibility index (Phi) is 18.3. The third-order valence-corrected chi connectivity index (χ3v) is 3.98. The van der Waals surface area contributed by atoms with E-state index in [2.05, 4.69) is 31.2 Å². The van der Waals surface area contributed by atoms with Crippen molar-refractivity contribution in [1.29, 1.82) is 0 Å². The average molecular weight is 355 g/mol. The third-order valence-electron chi connectivity index (χ3n) is 3.98. The van der Waals surface area contributed by atoms with Crippen LogP contribution in [0.3, 0.4) is 0 Å². The summed E-state index contributed by atoms with van der Waals surface area (Å²) in [5, 5.41) is 17.7. The van der Waals surface area contributed by atoms with Crippen LogP contribution < -0.4 is 0 Å². The first-order valence-corrected chi connectivity index (χ1v) is 9.95. The van der Waals surface area contributed by atoms with Crippen LogP contribution >= 0.6 is 0 Å². The van der Waals surface area contributed by atoms with E-state index in [0.717, 1.165) is 32.1 Å². The highest BCUT2D eigenvalue weighted by atomic mass is 16.5. The molecule has 1 atom stereocenters. The number of aliphatic hydroxyl groups excluding tert-OH is 2. The summed E-state index contributed by atoms with van der Waals surface area (Å²) in [6, 6.07) is 0. The van der Waals surface area contributed by atoms with Gasteiger partial charge in [-0.15, -0.1) is 0 Å². The summed E-state index contributed by atoms with van der Waals surface area (Å²) in [5.41, 5.74) is 0. The van der Waals surface area contributed by atoms with Gasteiger partial charge in [0.15, 0.2) is 0 Å². The van der Waals surface area contributed by atoms with Gasteiger partial charge < -0.3 is 14.9 Å². The van der Waals surface area contributed by atoms with Crippen molar-refractivity contribution < 1.29 is 19.7 Å². The Bertz CT molecular complexity index is 350. The zero-order valence-electron chi connectivity index (χ0n) is 16.0. The van der Waals surface area contributed by atoms with Gasteiger partial charge in [0.2, 0.25) is 0 Å². The first-order chi connectivity index (χ1) is 12.2. The molecule has 0 amide bonds. The van der Waals surface area contributed by atoms with Crippen LogP contribution in [-0.2, 0) is 9.53 Å². The average Bonchev–Trinajstić information content (AvgIpc) is 2.62. The molecule has 0 unspecified atom stereocenters. The lowest BCUT2D eigenvalue weighted by molar-refractivity contribution is -0.147. The minimum atomic E-state index is -0.964. The van der Waals surface area contributed by atoms with Gasteiger partial charge in [0.05, 0.1) is 6.61 Å². The summed E-state index contributed by atoms with van der Waals surface area (Å²) in [4.78, 5) is 11.4. The summed E-state index contributed by atoms with van der Waals surface area (Å²) in [6.45, 7) is 1.74. The molecule has 0 saturated carbocycles. The van der Waals surface area contributed by atoms with Gasteiger partial charge in [-0.05, 0) is 38.5 Å². The van der Waals surface area contributed by atoms with Crippen molar-refractivity contribution in [3.8, 4) is 0 Å². The molecular formula is C21H38O4. The predicted octanol–water partition coefficient (Wildman–Crippen LogP) is 4.70. The van der Waals surface area contributed by atoms with Gasteiger partial charge >= 0.3 is 5.97 Å². The summed E-state index contributed by atoms with van der Waals surface area (Å²) >= 11 is 0. The summed E-state index contributed by atoms with van der Waals surface area (Å²) in [5.74, 6) is -0.293. The highest BCUT2D eigenvalue weighted by molar-refractivity contribution is 5.69. The van der Waals surface area contributed by atoms with Crippen LogP contribution in [0.25, 0.3) is 0 Å². The highest BCUT2D eigenvalue weighted by Gasteiger charge is 2.07. The number of hydrogen-bond donors (Lipinski definition) is 2. The van der Waals surface area contributed by atoms with E-state index in [1.807, 2.05) is 0 Å². The number of carbonyl (C=O) groups is 1. The van der Waals surface area contributed by atoms with Gasteiger partial charge in [-0.1, -0.05) is 63.3 Å². The number of allylic oxidation sites excluding steroid dienone is 4. The predicted molar refractivity (Wildman–Crippen MR) is 103 cm³/mol. The molecule has 0 radical (unpaired) electrons. The molecule has 0 aliphatic heterocycles. The molecule has 146 valence electrons. The molecule has 4 heteroatoms. The third kappa shape index (κ3) is 19.0. The van der Waals surface area contributed by atoms with E-state index < -0.39 is 6.10 Å². The molecule has 0 rings (SSSR count). The topological polar surface area (TPSA) is 66.8 Å². The molecule has 0 bridgehead atoms. The lowest BCUT2D eigenvalue weighted by Crippen LogP contribution is -2.21. The van der Waals surface area contributed by atoms with Crippen LogP contribution in [-0.4, -0.2) is 35.5 Å². The maximum absolute atomic E-state index is 11.4. The van der Waals surface area contributed by atoms with E-state index in [4.69, 9.17) is 14.9 Å². The van der Waals surface area contributed by atoms with Crippen molar-refractivity contribution in [2.24, 2.45) is 0 Å². The van der Waals surface area contributed by atoms with Crippen LogP contribution in [0.5, 0.6) is 0 Å². The van der Waals surface area contributed by atoms with Crippen LogP contribution in [0.1, 0.15) is 84.0 Å². The van der Waals surface area contributed by atoms with Crippen LogP contribution in [0.4, 0.5) is 0 Å². The second kappa shape index (κ2) is 19.2. The van der Waals surface area contributed by atoms with Crippen LogP contribution in [0.2, 0.25) is 0 Å². The minimum absolute atomic E-state index is 0.115. The Hall–Kier alpha value is -1.13. The number of hydrogen-bond acceptors (Lipinski definition) is 4. The molecule has 25 heavy (non-hydrogen) atoms. The standard InChI is InChI=1S/C21H38O4/c1-2-3-4-5-6-7-8-9-10-11-12-13-14-15-16-17-21(24)25-19-20(23)18-22/h6-7,9-10,20,22-23H,2-5,8,11-19H2,1H3/b7-6-,10-9+/t20-/m1/s1. The number of ether oxygens (including phenoxy) is 1. The summed E-state index contributed by atoms with van der Waals surface area (Å²) < 4.78 is 4.85. The lowest BCUT2D eigenvalue weighted by atomic mass is 10.1. The van der Waals surface area contributed by atoms with Crippen molar-refractivity contribution in [3.63, 3.8) is 0 Å². The Morgan fingerprint density at radius 3 is 2.16 bits per heavy atom. The van der Waals surface area contributed by atoms with Crippen molar-refractivity contribution in [1.82, 2.24) is 0 Å². The fourth-order valence-electron chi connectivity index (χ4n) is 2.39. The van der Waals surface area contributed by atoms with E-state index in [1.54, 1.807) is 0 Å². The van der Waals surface area contributed by atoms with Crippen LogP contribution in [0.15, 0.2) is 24.3 Å². The monoisotopic (exact) mass is 354 g/mol. The van der Waals surface area contributed by atoms with Gasteiger partial charge in [-0.25, -0.2) is 0 Å². The Labute approximate surface area is 154 Å². The number of carbonyl (C=O) groups excluding carboxylic acids is 1. The number of unbranched alkanes of at least 4 members (excludes halogenated alkanes) is 8. The Balaban J connectivity index is 3.30. The van der Waals surface area contributed by atoms with E-state index in [0.29, 0.717) is 6.42 Å². The molecule has 0 saturated heterocycles. The van der Waals surface area contributed by atoms with Crippen molar-refractivity contribution in [2.45, 2.75) is 90.1 Å². The number of rotatable bonds is 17. The molecule has 0 fully saturated rings. The zero-order valence-corrected chi connectivity index (χ0v) is 16.0. The van der Waals surface area contributed by atoms with E-state index in [9.17, 15) is 4.79 Å². The fourth-order valence-corrected chi connectivity index (χ4v) is 2.39. The lowest BCUT2D eigenvalue weighted by Gasteiger charge is -2.08. The van der Waals surface area contributed by atoms with Gasteiger partial charge in [-0.3, -0.25) is 4.79 Å². The van der Waals surface area contributed by atoms with E-state index in [1.165, 1.54) is 38.5 Å².